The van der Waals surface area contributed by atoms with E-state index in [1.54, 1.807) is 12.2 Å². The largest absolute Gasteiger partial charge is 0.240 e. The minimum absolute atomic E-state index is 0.340. The van der Waals surface area contributed by atoms with Crippen LogP contribution >= 0.6 is 0 Å². The molecule has 4 rings (SSSR count). The topological polar surface area (TPSA) is 141 Å². The van der Waals surface area contributed by atoms with E-state index >= 15 is 0 Å². The zero-order chi connectivity index (χ0) is 28.3. The van der Waals surface area contributed by atoms with Crippen molar-refractivity contribution in [2.24, 2.45) is 9.98 Å². The average molecular weight is 517 g/mol. The number of hydrogen-bond acceptors (Lipinski definition) is 8. The van der Waals surface area contributed by atoms with Crippen molar-refractivity contribution >= 4 is 35.7 Å². The summed E-state index contributed by atoms with van der Waals surface area (Å²) >= 11 is 0. The number of isocyanates is 4. The van der Waals surface area contributed by atoms with Gasteiger partial charge in [0.15, 0.2) is 0 Å². The number of rotatable bonds is 8. The van der Waals surface area contributed by atoms with Crippen LogP contribution in [0.3, 0.4) is 0 Å². The summed E-state index contributed by atoms with van der Waals surface area (Å²) in [6.07, 6.45) is 6.19. The predicted molar refractivity (Wildman–Crippen MR) is 146 cm³/mol. The molecular formula is C31H24N4O4. The van der Waals surface area contributed by atoms with Gasteiger partial charge in [-0.1, -0.05) is 84.9 Å². The molecule has 0 aliphatic carbocycles. The molecule has 0 unspecified atom stereocenters. The fourth-order valence-electron chi connectivity index (χ4n) is 4.33. The molecule has 0 aliphatic heterocycles. The van der Waals surface area contributed by atoms with Gasteiger partial charge >= 0.3 is 0 Å². The number of carbonyl (C=O) groups excluding carboxylic acids is 4. The molecular weight excluding hydrogens is 492 g/mol. The van der Waals surface area contributed by atoms with Gasteiger partial charge in [0, 0.05) is 5.41 Å². The second-order valence-electron chi connectivity index (χ2n) is 8.11. The molecule has 39 heavy (non-hydrogen) atoms. The Kier molecular flexibility index (Phi) is 12.3. The van der Waals surface area contributed by atoms with Crippen molar-refractivity contribution in [3.05, 3.63) is 131 Å². The SMILES string of the molecule is N=C=O.N=C=O.O=C=Nc1ccc(CC(Cc2ccc(N=C=O)cc2)(c2ccccc2)c2ccccc2)cc1. The van der Waals surface area contributed by atoms with Crippen molar-refractivity contribution < 1.29 is 19.2 Å². The van der Waals surface area contributed by atoms with Gasteiger partial charge in [-0.3, -0.25) is 0 Å². The molecule has 0 aromatic heterocycles. The summed E-state index contributed by atoms with van der Waals surface area (Å²) in [5.74, 6) is 0. The van der Waals surface area contributed by atoms with E-state index in [9.17, 15) is 9.59 Å². The van der Waals surface area contributed by atoms with Crippen LogP contribution in [-0.2, 0) is 37.4 Å². The van der Waals surface area contributed by atoms with Gasteiger partial charge in [0.05, 0.1) is 11.4 Å². The first-order chi connectivity index (χ1) is 19.1. The Balaban J connectivity index is 0.000000815. The van der Waals surface area contributed by atoms with Crippen LogP contribution in [0, 0.1) is 10.8 Å². The van der Waals surface area contributed by atoms with Gasteiger partial charge in [0.1, 0.15) is 0 Å². The summed E-state index contributed by atoms with van der Waals surface area (Å²) in [7, 11) is 0. The number of hydrogen-bond donors (Lipinski definition) is 2. The van der Waals surface area contributed by atoms with E-state index in [4.69, 9.17) is 20.4 Å². The Bertz CT molecular complexity index is 1360. The van der Waals surface area contributed by atoms with Gasteiger partial charge in [-0.05, 0) is 59.4 Å². The third-order valence-corrected chi connectivity index (χ3v) is 5.89. The number of aliphatic imine (C=N–C) groups is 2. The van der Waals surface area contributed by atoms with Crippen LogP contribution in [0.1, 0.15) is 22.3 Å². The predicted octanol–water partition coefficient (Wildman–Crippen LogP) is 6.19. The van der Waals surface area contributed by atoms with E-state index < -0.39 is 0 Å². The molecule has 0 aliphatic rings. The highest BCUT2D eigenvalue weighted by atomic mass is 16.1. The molecule has 0 fully saturated rings. The van der Waals surface area contributed by atoms with E-state index in [2.05, 4.69) is 58.5 Å². The first-order valence-corrected chi connectivity index (χ1v) is 11.6. The number of nitrogens with one attached hydrogen (secondary N) is 2. The fourth-order valence-corrected chi connectivity index (χ4v) is 4.33. The smallest absolute Gasteiger partial charge is 0.222 e. The molecule has 2 N–H and O–H groups in total. The first kappa shape index (κ1) is 29.6. The van der Waals surface area contributed by atoms with E-state index in [1.165, 1.54) is 11.1 Å². The van der Waals surface area contributed by atoms with Gasteiger partial charge in [-0.25, -0.2) is 30.0 Å². The average Bonchev–Trinajstić information content (AvgIpc) is 2.97. The fraction of sp³-hybridized carbons (Fsp3) is 0.0968. The Morgan fingerprint density at radius 1 is 0.513 bits per heavy atom. The highest BCUT2D eigenvalue weighted by Crippen LogP contribution is 2.39. The Morgan fingerprint density at radius 3 is 1.10 bits per heavy atom. The summed E-state index contributed by atoms with van der Waals surface area (Å²) < 4.78 is 0. The van der Waals surface area contributed by atoms with Crippen LogP contribution in [0.5, 0.6) is 0 Å². The van der Waals surface area contributed by atoms with Crippen LogP contribution < -0.4 is 0 Å². The maximum Gasteiger partial charge on any atom is 0.240 e. The summed E-state index contributed by atoms with van der Waals surface area (Å²) in [5, 5.41) is 10.8. The summed E-state index contributed by atoms with van der Waals surface area (Å²) in [5.41, 5.74) is 5.52. The van der Waals surface area contributed by atoms with Crippen molar-refractivity contribution in [2.75, 3.05) is 0 Å². The quantitative estimate of drug-likeness (QED) is 0.213. The molecule has 0 atom stereocenters. The van der Waals surface area contributed by atoms with Crippen LogP contribution in [0.25, 0.3) is 0 Å². The Labute approximate surface area is 225 Å². The summed E-state index contributed by atoms with van der Waals surface area (Å²) in [6, 6.07) is 36.4. The monoisotopic (exact) mass is 516 g/mol. The van der Waals surface area contributed by atoms with Crippen molar-refractivity contribution in [2.45, 2.75) is 18.3 Å². The van der Waals surface area contributed by atoms with E-state index in [1.807, 2.05) is 60.7 Å². The molecule has 8 nitrogen and oxygen atoms in total. The van der Waals surface area contributed by atoms with Gasteiger partial charge in [0.25, 0.3) is 0 Å². The van der Waals surface area contributed by atoms with Gasteiger partial charge in [-0.15, -0.1) is 0 Å². The first-order valence-electron chi connectivity index (χ1n) is 11.6. The lowest BCUT2D eigenvalue weighted by atomic mass is 9.67. The summed E-state index contributed by atoms with van der Waals surface area (Å²) in [6.45, 7) is 0. The van der Waals surface area contributed by atoms with Crippen molar-refractivity contribution in [3.63, 3.8) is 0 Å². The van der Waals surface area contributed by atoms with Crippen LogP contribution in [0.4, 0.5) is 11.4 Å². The molecule has 0 heterocycles. The van der Waals surface area contributed by atoms with Crippen molar-refractivity contribution in [1.29, 1.82) is 10.8 Å². The van der Waals surface area contributed by atoms with Gasteiger partial charge in [0.2, 0.25) is 24.3 Å². The Morgan fingerprint density at radius 2 is 0.821 bits per heavy atom. The minimum Gasteiger partial charge on any atom is -0.222 e. The van der Waals surface area contributed by atoms with Gasteiger partial charge in [-0.2, -0.15) is 9.98 Å². The van der Waals surface area contributed by atoms with E-state index in [0.29, 0.717) is 11.4 Å². The van der Waals surface area contributed by atoms with Crippen LogP contribution in [0.2, 0.25) is 0 Å². The highest BCUT2D eigenvalue weighted by molar-refractivity contribution is 5.52. The minimum atomic E-state index is -0.340. The van der Waals surface area contributed by atoms with Crippen LogP contribution in [-0.4, -0.2) is 24.3 Å². The lowest BCUT2D eigenvalue weighted by Crippen LogP contribution is -2.33. The molecule has 4 aromatic rings. The lowest BCUT2D eigenvalue weighted by Gasteiger charge is -2.36. The standard InChI is InChI=1S/C29H22N2O2.2CHNO/c32-21-30-27-15-11-23(12-16-27)19-29(25-7-3-1-4-8-25,26-9-5-2-6-10-26)20-24-13-17-28(18-14-24)31-22-33;2*2-1-3/h1-18H,19-20H2;2*2H. The number of benzene rings is 4. The zero-order valence-electron chi connectivity index (χ0n) is 20.8. The highest BCUT2D eigenvalue weighted by Gasteiger charge is 2.34. The molecule has 0 radical (unpaired) electrons. The molecule has 0 bridgehead atoms. The third kappa shape index (κ3) is 8.78. The molecule has 0 amide bonds. The second-order valence-corrected chi connectivity index (χ2v) is 8.11. The zero-order valence-corrected chi connectivity index (χ0v) is 20.8. The maximum atomic E-state index is 10.6. The molecule has 8 heteroatoms. The lowest BCUT2D eigenvalue weighted by molar-refractivity contribution is 0.507. The van der Waals surface area contributed by atoms with E-state index in [-0.39, 0.29) is 5.41 Å². The molecule has 192 valence electrons. The molecule has 0 saturated carbocycles. The number of nitrogens with zero attached hydrogens (tertiary/aromatic N) is 2. The van der Waals surface area contributed by atoms with Crippen LogP contribution in [0.15, 0.2) is 119 Å². The second kappa shape index (κ2) is 16.2. The third-order valence-electron chi connectivity index (χ3n) is 5.89. The van der Waals surface area contributed by atoms with Crippen molar-refractivity contribution in [1.82, 2.24) is 0 Å². The molecule has 0 saturated heterocycles. The molecule has 4 aromatic carbocycles. The van der Waals surface area contributed by atoms with Gasteiger partial charge < -0.3 is 0 Å². The Hall–Kier alpha value is -5.60. The normalized spacial score (nSPS) is 9.44. The summed E-state index contributed by atoms with van der Waals surface area (Å²) in [4.78, 5) is 45.3. The van der Waals surface area contributed by atoms with Crippen molar-refractivity contribution in [3.8, 4) is 0 Å². The van der Waals surface area contributed by atoms with E-state index in [0.717, 1.165) is 36.1 Å². The maximum absolute atomic E-state index is 10.6. The molecule has 0 spiro atoms.